The van der Waals surface area contributed by atoms with Crippen LogP contribution in [0.25, 0.3) is 11.0 Å². The molecule has 27 heavy (non-hydrogen) atoms. The summed E-state index contributed by atoms with van der Waals surface area (Å²) in [6, 6.07) is 5.17. The molecule has 7 nitrogen and oxygen atoms in total. The lowest BCUT2D eigenvalue weighted by Crippen LogP contribution is -2.19. The highest BCUT2D eigenvalue weighted by molar-refractivity contribution is 7.40. The maximum Gasteiger partial charge on any atom is 0.337 e. The second-order valence-corrected chi connectivity index (χ2v) is 8.09. The van der Waals surface area contributed by atoms with Gasteiger partial charge in [0.15, 0.2) is 0 Å². The normalized spacial score (nSPS) is 21.9. The number of rotatable bonds is 4. The van der Waals surface area contributed by atoms with Crippen molar-refractivity contribution in [1.29, 1.82) is 0 Å². The molecule has 0 radical (unpaired) electrons. The zero-order valence-electron chi connectivity index (χ0n) is 15.3. The Balaban J connectivity index is 1.58. The number of aromatic amines is 1. The summed E-state index contributed by atoms with van der Waals surface area (Å²) in [5.74, 6) is 0.764. The maximum atomic E-state index is 11.4. The molecule has 2 aliphatic rings. The molecule has 0 bridgehead atoms. The molecule has 2 heterocycles. The van der Waals surface area contributed by atoms with Crippen LogP contribution in [0.1, 0.15) is 29.5 Å². The Hall–Kier alpha value is -2.21. The Morgan fingerprint density at radius 3 is 3.15 bits per heavy atom. The zero-order chi connectivity index (χ0) is 19.0. The number of fused-ring (bicyclic) bond motifs is 2. The topological polar surface area (TPSA) is 87.7 Å². The van der Waals surface area contributed by atoms with Crippen LogP contribution in [-0.2, 0) is 16.0 Å². The SMILES string of the molecule is COC1=CC(C)=C2PN(Cc3nc4c(C(=O)O)cccc4[nH]3)CCOC2C1. The molecule has 1 aliphatic heterocycles. The van der Waals surface area contributed by atoms with Crippen molar-refractivity contribution in [3.05, 3.63) is 52.3 Å². The fourth-order valence-electron chi connectivity index (χ4n) is 3.52. The first kappa shape index (κ1) is 18.2. The Morgan fingerprint density at radius 2 is 2.37 bits per heavy atom. The summed E-state index contributed by atoms with van der Waals surface area (Å²) in [4.78, 5) is 19.2. The van der Waals surface area contributed by atoms with Gasteiger partial charge in [0.05, 0.1) is 43.2 Å². The first-order chi connectivity index (χ1) is 13.0. The van der Waals surface area contributed by atoms with E-state index in [0.29, 0.717) is 27.4 Å². The Kier molecular flexibility index (Phi) is 5.00. The van der Waals surface area contributed by atoms with E-state index in [0.717, 1.165) is 30.1 Å². The lowest BCUT2D eigenvalue weighted by molar-refractivity contribution is 0.0692. The zero-order valence-corrected chi connectivity index (χ0v) is 16.3. The van der Waals surface area contributed by atoms with Crippen LogP contribution in [0.3, 0.4) is 0 Å². The van der Waals surface area contributed by atoms with Crippen LogP contribution in [-0.4, -0.2) is 52.1 Å². The number of aromatic nitrogens is 2. The third-order valence-electron chi connectivity index (χ3n) is 4.86. The molecule has 1 aliphatic carbocycles. The van der Waals surface area contributed by atoms with Gasteiger partial charge in [0.25, 0.3) is 0 Å². The Labute approximate surface area is 158 Å². The smallest absolute Gasteiger partial charge is 0.337 e. The van der Waals surface area contributed by atoms with Crippen molar-refractivity contribution in [3.8, 4) is 0 Å². The predicted molar refractivity (Wildman–Crippen MR) is 104 cm³/mol. The Morgan fingerprint density at radius 1 is 1.52 bits per heavy atom. The summed E-state index contributed by atoms with van der Waals surface area (Å²) in [6.45, 7) is 4.17. The fourth-order valence-corrected chi connectivity index (χ4v) is 4.87. The third kappa shape index (κ3) is 3.63. The minimum atomic E-state index is -0.963. The van der Waals surface area contributed by atoms with Crippen LogP contribution >= 0.6 is 8.73 Å². The van der Waals surface area contributed by atoms with Crippen LogP contribution in [0.5, 0.6) is 0 Å². The number of para-hydroxylation sites is 1. The standard InChI is InChI=1S/C19H22N3O4P/c1-11-8-12(25-2)9-15-18(11)27-22(6-7-26-15)10-16-20-14-5-3-4-13(19(23)24)17(14)21-16/h3-5,8,15,27H,6-7,9-10H2,1-2H3,(H,20,21)(H,23,24). The highest BCUT2D eigenvalue weighted by Crippen LogP contribution is 2.42. The van der Waals surface area contributed by atoms with Gasteiger partial charge in [-0.05, 0) is 44.8 Å². The van der Waals surface area contributed by atoms with E-state index < -0.39 is 5.97 Å². The summed E-state index contributed by atoms with van der Waals surface area (Å²) < 4.78 is 13.8. The van der Waals surface area contributed by atoms with Gasteiger partial charge in [-0.3, -0.25) is 4.67 Å². The van der Waals surface area contributed by atoms with Crippen LogP contribution in [0.15, 0.2) is 40.9 Å². The number of imidazole rings is 1. The quantitative estimate of drug-likeness (QED) is 0.783. The number of H-pyrrole nitrogens is 1. The van der Waals surface area contributed by atoms with Crippen molar-refractivity contribution in [1.82, 2.24) is 14.6 Å². The van der Waals surface area contributed by atoms with Gasteiger partial charge in [-0.1, -0.05) is 6.07 Å². The number of nitrogens with one attached hydrogen (secondary N) is 1. The van der Waals surface area contributed by atoms with Gasteiger partial charge in [-0.2, -0.15) is 0 Å². The minimum absolute atomic E-state index is 0.0718. The molecule has 142 valence electrons. The summed E-state index contributed by atoms with van der Waals surface area (Å²) >= 11 is 0. The van der Waals surface area contributed by atoms with E-state index in [1.54, 1.807) is 19.2 Å². The van der Waals surface area contributed by atoms with Crippen LogP contribution < -0.4 is 0 Å². The largest absolute Gasteiger partial charge is 0.501 e. The lowest BCUT2D eigenvalue weighted by Gasteiger charge is -2.26. The molecular weight excluding hydrogens is 365 g/mol. The van der Waals surface area contributed by atoms with Crippen molar-refractivity contribution in [2.24, 2.45) is 0 Å². The number of aromatic carboxylic acids is 1. The van der Waals surface area contributed by atoms with E-state index in [9.17, 15) is 9.90 Å². The number of nitrogens with zero attached hydrogens (tertiary/aromatic N) is 2. The molecule has 1 fully saturated rings. The average Bonchev–Trinajstić information content (AvgIpc) is 2.94. The third-order valence-corrected chi connectivity index (χ3v) is 6.52. The summed E-state index contributed by atoms with van der Waals surface area (Å²) in [5.41, 5.74) is 2.68. The van der Waals surface area contributed by atoms with Gasteiger partial charge < -0.3 is 19.6 Å². The highest BCUT2D eigenvalue weighted by atomic mass is 31.1. The first-order valence-corrected chi connectivity index (χ1v) is 9.79. The van der Waals surface area contributed by atoms with E-state index in [1.807, 2.05) is 6.07 Å². The molecule has 1 aromatic heterocycles. The molecule has 2 aromatic rings. The molecule has 8 heteroatoms. The molecule has 2 atom stereocenters. The van der Waals surface area contributed by atoms with Crippen molar-refractivity contribution in [2.75, 3.05) is 20.3 Å². The number of allylic oxidation sites excluding steroid dienone is 2. The number of hydrogen-bond donors (Lipinski definition) is 2. The second-order valence-electron chi connectivity index (χ2n) is 6.70. The number of carbonyl (C=O) groups is 1. The number of ether oxygens (including phenoxy) is 2. The van der Waals surface area contributed by atoms with Gasteiger partial charge in [0, 0.05) is 13.0 Å². The second kappa shape index (κ2) is 7.43. The molecule has 4 rings (SSSR count). The van der Waals surface area contributed by atoms with Crippen molar-refractivity contribution in [2.45, 2.75) is 26.0 Å². The maximum absolute atomic E-state index is 11.4. The van der Waals surface area contributed by atoms with Crippen LogP contribution in [0.2, 0.25) is 0 Å². The number of benzene rings is 1. The number of carboxylic acids is 1. The summed E-state index contributed by atoms with van der Waals surface area (Å²) in [5, 5.41) is 10.7. The van der Waals surface area contributed by atoms with Crippen LogP contribution in [0, 0.1) is 0 Å². The van der Waals surface area contributed by atoms with Gasteiger partial charge >= 0.3 is 5.97 Å². The monoisotopic (exact) mass is 387 g/mol. The highest BCUT2D eigenvalue weighted by Gasteiger charge is 2.28. The van der Waals surface area contributed by atoms with E-state index in [2.05, 4.69) is 27.6 Å². The lowest BCUT2D eigenvalue weighted by atomic mass is 10.0. The van der Waals surface area contributed by atoms with Crippen molar-refractivity contribution in [3.63, 3.8) is 0 Å². The molecule has 1 aromatic carbocycles. The predicted octanol–water partition coefficient (Wildman–Crippen LogP) is 3.26. The van der Waals surface area contributed by atoms with Gasteiger partial charge in [-0.25, -0.2) is 9.78 Å². The fraction of sp³-hybridized carbons (Fsp3) is 0.368. The van der Waals surface area contributed by atoms with Crippen molar-refractivity contribution < 1.29 is 19.4 Å². The first-order valence-electron chi connectivity index (χ1n) is 8.84. The van der Waals surface area contributed by atoms with E-state index in [1.165, 1.54) is 10.9 Å². The molecular formula is C19H22N3O4P. The Bertz CT molecular complexity index is 950. The minimum Gasteiger partial charge on any atom is -0.501 e. The van der Waals surface area contributed by atoms with Crippen molar-refractivity contribution >= 4 is 25.7 Å². The molecule has 2 N–H and O–H groups in total. The summed E-state index contributed by atoms with van der Waals surface area (Å²) in [6.07, 6.45) is 2.94. The molecule has 0 saturated carbocycles. The van der Waals surface area contributed by atoms with Crippen LogP contribution in [0.4, 0.5) is 0 Å². The number of methoxy groups -OCH3 is 1. The van der Waals surface area contributed by atoms with E-state index in [4.69, 9.17) is 9.47 Å². The number of carboxylic acid groups (broad SMARTS) is 1. The molecule has 0 spiro atoms. The van der Waals surface area contributed by atoms with Gasteiger partial charge in [0.2, 0.25) is 0 Å². The summed E-state index contributed by atoms with van der Waals surface area (Å²) in [7, 11) is 2.20. The van der Waals surface area contributed by atoms with E-state index >= 15 is 0 Å². The molecule has 2 unspecified atom stereocenters. The molecule has 1 saturated heterocycles. The van der Waals surface area contributed by atoms with Gasteiger partial charge in [-0.15, -0.1) is 0 Å². The molecule has 0 amide bonds. The van der Waals surface area contributed by atoms with Gasteiger partial charge in [0.1, 0.15) is 11.3 Å². The van der Waals surface area contributed by atoms with E-state index in [-0.39, 0.29) is 11.7 Å². The number of hydrogen-bond acceptors (Lipinski definition) is 5. The average molecular weight is 387 g/mol.